The molecule has 96 valence electrons. The molecular weight excluding hydrogens is 272 g/mol. The predicted molar refractivity (Wildman–Crippen MR) is 68.1 cm³/mol. The van der Waals surface area contributed by atoms with Gasteiger partial charge in [0.2, 0.25) is 0 Å². The molecule has 0 unspecified atom stereocenters. The molecule has 3 nitrogen and oxygen atoms in total. The van der Waals surface area contributed by atoms with Gasteiger partial charge in [0.25, 0.3) is 12.6 Å². The van der Waals surface area contributed by atoms with Crippen LogP contribution in [-0.2, 0) is 13.0 Å². The normalized spacial score (nSPS) is 9.84. The van der Waals surface area contributed by atoms with Crippen molar-refractivity contribution in [2.24, 2.45) is 0 Å². The Morgan fingerprint density at radius 1 is 1.21 bits per heavy atom. The summed E-state index contributed by atoms with van der Waals surface area (Å²) in [5.41, 5.74) is 0.563. The van der Waals surface area contributed by atoms with Gasteiger partial charge < -0.3 is 0 Å². The van der Waals surface area contributed by atoms with Crippen LogP contribution in [0, 0.1) is 17.7 Å². The van der Waals surface area contributed by atoms with E-state index >= 15 is 0 Å². The zero-order valence-corrected chi connectivity index (χ0v) is 10.5. The molecule has 0 radical (unpaired) electrons. The molecule has 6 heteroatoms. The van der Waals surface area contributed by atoms with Crippen LogP contribution in [0.15, 0.2) is 30.6 Å². The second-order valence-corrected chi connectivity index (χ2v) is 4.02. The Bertz CT molecular complexity index is 650. The number of hydrogen-bond donors (Lipinski definition) is 0. The Morgan fingerprint density at radius 2 is 2.05 bits per heavy atom. The molecular formula is C13H9ClF2N3+. The molecule has 0 amide bonds. The Balaban J connectivity index is 2.02. The smallest absolute Gasteiger partial charge is 0.257 e. The van der Waals surface area contributed by atoms with E-state index < -0.39 is 11.6 Å². The topological polar surface area (TPSA) is 30.1 Å². The van der Waals surface area contributed by atoms with Crippen molar-refractivity contribution in [2.45, 2.75) is 13.0 Å². The van der Waals surface area contributed by atoms with Gasteiger partial charge >= 0.3 is 0 Å². The molecule has 0 aliphatic carbocycles. The zero-order chi connectivity index (χ0) is 13.7. The quantitative estimate of drug-likeness (QED) is 0.788. The second-order valence-electron chi connectivity index (χ2n) is 3.66. The van der Waals surface area contributed by atoms with Crippen molar-refractivity contribution >= 4 is 11.6 Å². The highest BCUT2D eigenvalue weighted by molar-refractivity contribution is 6.29. The third-order valence-electron chi connectivity index (χ3n) is 2.37. The van der Waals surface area contributed by atoms with Gasteiger partial charge in [0.05, 0.1) is 11.3 Å². The van der Waals surface area contributed by atoms with Crippen LogP contribution < -0.4 is 0 Å². The molecule has 2 aromatic rings. The van der Waals surface area contributed by atoms with Gasteiger partial charge in [-0.2, -0.15) is 0 Å². The summed E-state index contributed by atoms with van der Waals surface area (Å²) in [6, 6.07) is 6.93. The molecule has 0 N–H and O–H groups in total. The van der Waals surface area contributed by atoms with E-state index in [0.29, 0.717) is 5.56 Å². The SMILES string of the molecule is Fc1cccnc1CC#[N+]Cc1ccnc(Cl)c1F. The predicted octanol–water partition coefficient (Wildman–Crippen LogP) is 3.48. The standard InChI is InChI=1S/C13H9ClF2N3/c14-13-12(16)9(3-7-19-13)8-17-6-4-11-10(15)2-1-5-18-11/h1-3,5,7H,4,8H2/q+1. The molecule has 0 bridgehead atoms. The van der Waals surface area contributed by atoms with Crippen molar-refractivity contribution in [1.82, 2.24) is 9.97 Å². The average molecular weight is 281 g/mol. The molecule has 2 heterocycles. The lowest BCUT2D eigenvalue weighted by molar-refractivity contribution is 0.605. The van der Waals surface area contributed by atoms with E-state index in [1.165, 1.54) is 30.6 Å². The number of hydrogen-bond acceptors (Lipinski definition) is 2. The molecule has 2 rings (SSSR count). The van der Waals surface area contributed by atoms with Crippen molar-refractivity contribution in [1.29, 1.82) is 0 Å². The Kier molecular flexibility index (Phi) is 4.37. The monoisotopic (exact) mass is 280 g/mol. The average Bonchev–Trinajstić information content (AvgIpc) is 2.41. The molecule has 19 heavy (non-hydrogen) atoms. The molecule has 2 aromatic heterocycles. The first-order chi connectivity index (χ1) is 9.18. The van der Waals surface area contributed by atoms with E-state index in [-0.39, 0.29) is 23.8 Å². The molecule has 0 fully saturated rings. The minimum atomic E-state index is -0.598. The summed E-state index contributed by atoms with van der Waals surface area (Å²) in [5, 5.41) is -0.191. The first-order valence-corrected chi connectivity index (χ1v) is 5.84. The molecule has 0 atom stereocenters. The van der Waals surface area contributed by atoms with Crippen LogP contribution >= 0.6 is 11.6 Å². The van der Waals surface area contributed by atoms with Gasteiger partial charge in [-0.25, -0.2) is 13.8 Å². The zero-order valence-electron chi connectivity index (χ0n) is 9.78. The first kappa shape index (κ1) is 13.4. The van der Waals surface area contributed by atoms with E-state index in [4.69, 9.17) is 11.6 Å². The first-order valence-electron chi connectivity index (χ1n) is 5.46. The van der Waals surface area contributed by atoms with Gasteiger partial charge in [0.1, 0.15) is 12.2 Å². The fraction of sp³-hybridized carbons (Fsp3) is 0.154. The molecule has 0 aliphatic heterocycles. The summed E-state index contributed by atoms with van der Waals surface area (Å²) in [5.74, 6) is -1.01. The second kappa shape index (κ2) is 6.21. The van der Waals surface area contributed by atoms with Crippen molar-refractivity contribution < 1.29 is 8.78 Å². The molecule has 0 aromatic carbocycles. The summed E-state index contributed by atoms with van der Waals surface area (Å²) in [6.07, 6.45) is 3.02. The maximum Gasteiger partial charge on any atom is 0.291 e. The maximum atomic E-state index is 13.5. The number of rotatable bonds is 2. The minimum Gasteiger partial charge on any atom is -0.257 e. The van der Waals surface area contributed by atoms with Crippen LogP contribution in [0.25, 0.3) is 4.85 Å². The van der Waals surface area contributed by atoms with Crippen molar-refractivity contribution in [3.05, 3.63) is 63.5 Å². The number of pyridine rings is 2. The van der Waals surface area contributed by atoms with Gasteiger partial charge in [-0.1, -0.05) is 16.4 Å². The van der Waals surface area contributed by atoms with Crippen LogP contribution in [0.4, 0.5) is 8.78 Å². The summed E-state index contributed by atoms with van der Waals surface area (Å²) in [6.45, 7) is 0.0720. The lowest BCUT2D eigenvalue weighted by atomic mass is 10.2. The van der Waals surface area contributed by atoms with Gasteiger partial charge in [-0.15, -0.1) is 0 Å². The van der Waals surface area contributed by atoms with Gasteiger partial charge in [-0.05, 0) is 18.2 Å². The Labute approximate surface area is 113 Å². The van der Waals surface area contributed by atoms with Crippen LogP contribution in [0.5, 0.6) is 0 Å². The Hall–Kier alpha value is -2.06. The van der Waals surface area contributed by atoms with Crippen molar-refractivity contribution in [2.75, 3.05) is 0 Å². The van der Waals surface area contributed by atoms with Gasteiger partial charge in [0, 0.05) is 12.4 Å². The minimum absolute atomic E-state index is 0.0720. The number of nitrogens with zero attached hydrogens (tertiary/aromatic N) is 3. The largest absolute Gasteiger partial charge is 0.291 e. The summed E-state index contributed by atoms with van der Waals surface area (Å²) >= 11 is 5.54. The number of halogens is 3. The summed E-state index contributed by atoms with van der Waals surface area (Å²) in [7, 11) is 0. The highest BCUT2D eigenvalue weighted by Gasteiger charge is 2.11. The van der Waals surface area contributed by atoms with E-state index in [1.54, 1.807) is 0 Å². The van der Waals surface area contributed by atoms with Crippen LogP contribution in [0.3, 0.4) is 0 Å². The van der Waals surface area contributed by atoms with Crippen LogP contribution in [0.1, 0.15) is 11.3 Å². The van der Waals surface area contributed by atoms with E-state index in [0.717, 1.165) is 0 Å². The fourth-order valence-corrected chi connectivity index (χ4v) is 1.58. The Morgan fingerprint density at radius 3 is 2.84 bits per heavy atom. The lowest BCUT2D eigenvalue weighted by Crippen LogP contribution is -1.92. The van der Waals surface area contributed by atoms with E-state index in [1.807, 2.05) is 0 Å². The highest BCUT2D eigenvalue weighted by Crippen LogP contribution is 2.15. The van der Waals surface area contributed by atoms with Gasteiger partial charge in [0.15, 0.2) is 11.0 Å². The molecule has 0 spiro atoms. The van der Waals surface area contributed by atoms with Crippen LogP contribution in [-0.4, -0.2) is 9.97 Å². The van der Waals surface area contributed by atoms with Crippen molar-refractivity contribution in [3.63, 3.8) is 0 Å². The highest BCUT2D eigenvalue weighted by atomic mass is 35.5. The third kappa shape index (κ3) is 3.46. The van der Waals surface area contributed by atoms with Crippen molar-refractivity contribution in [3.8, 4) is 6.07 Å². The summed E-state index contributed by atoms with van der Waals surface area (Å²) < 4.78 is 26.7. The van der Waals surface area contributed by atoms with Gasteiger partial charge in [-0.3, -0.25) is 4.98 Å². The summed E-state index contributed by atoms with van der Waals surface area (Å²) in [4.78, 5) is 11.3. The molecule has 0 aliphatic rings. The molecule has 0 saturated heterocycles. The molecule has 0 saturated carbocycles. The fourth-order valence-electron chi connectivity index (χ4n) is 1.40. The van der Waals surface area contributed by atoms with E-state index in [2.05, 4.69) is 20.9 Å². The lowest BCUT2D eigenvalue weighted by Gasteiger charge is -1.94. The van der Waals surface area contributed by atoms with Crippen LogP contribution in [0.2, 0.25) is 5.15 Å². The van der Waals surface area contributed by atoms with E-state index in [9.17, 15) is 8.78 Å². The maximum absolute atomic E-state index is 13.5. The number of aromatic nitrogens is 2. The third-order valence-corrected chi connectivity index (χ3v) is 2.63.